The lowest BCUT2D eigenvalue weighted by Crippen LogP contribution is -2.01. The Hall–Kier alpha value is -2.28. The first-order valence-corrected chi connectivity index (χ1v) is 5.87. The minimum Gasteiger partial charge on any atom is -0.508 e. The number of rotatable bonds is 3. The predicted octanol–water partition coefficient (Wildman–Crippen LogP) is 2.54. The Morgan fingerprint density at radius 2 is 2.28 bits per heavy atom. The van der Waals surface area contributed by atoms with Crippen LogP contribution in [0.4, 0.5) is 0 Å². The van der Waals surface area contributed by atoms with Crippen molar-refractivity contribution >= 4 is 0 Å². The van der Waals surface area contributed by atoms with Crippen molar-refractivity contribution in [1.29, 1.82) is 5.26 Å². The number of benzene rings is 1. The average Bonchev–Trinajstić information content (AvgIpc) is 2.78. The average molecular weight is 241 g/mol. The third-order valence-corrected chi connectivity index (χ3v) is 3.07. The quantitative estimate of drug-likeness (QED) is 0.898. The van der Waals surface area contributed by atoms with Crippen LogP contribution in [0.15, 0.2) is 30.6 Å². The van der Waals surface area contributed by atoms with Crippen LogP contribution in [0, 0.1) is 11.3 Å². The summed E-state index contributed by atoms with van der Waals surface area (Å²) in [6.07, 6.45) is 4.66. The maximum absolute atomic E-state index is 9.43. The van der Waals surface area contributed by atoms with Crippen molar-refractivity contribution in [3.8, 4) is 11.8 Å². The van der Waals surface area contributed by atoms with Crippen molar-refractivity contribution in [3.05, 3.63) is 47.3 Å². The molecular weight excluding hydrogens is 226 g/mol. The van der Waals surface area contributed by atoms with Crippen molar-refractivity contribution in [2.75, 3.05) is 0 Å². The summed E-state index contributed by atoms with van der Waals surface area (Å²) in [4.78, 5) is 0. The van der Waals surface area contributed by atoms with E-state index < -0.39 is 0 Å². The Bertz CT molecular complexity index is 595. The molecule has 0 spiro atoms. The Morgan fingerprint density at radius 1 is 1.50 bits per heavy atom. The highest BCUT2D eigenvalue weighted by molar-refractivity contribution is 5.47. The number of aromatic hydroxyl groups is 1. The molecule has 18 heavy (non-hydrogen) atoms. The first-order valence-electron chi connectivity index (χ1n) is 5.87. The van der Waals surface area contributed by atoms with Gasteiger partial charge in [0.05, 0.1) is 17.8 Å². The Kier molecular flexibility index (Phi) is 3.33. The first kappa shape index (κ1) is 12.2. The molecule has 0 amide bonds. The molecule has 0 saturated carbocycles. The van der Waals surface area contributed by atoms with E-state index in [-0.39, 0.29) is 11.7 Å². The lowest BCUT2D eigenvalue weighted by atomic mass is 9.88. The van der Waals surface area contributed by atoms with E-state index in [1.165, 1.54) is 6.07 Å². The van der Waals surface area contributed by atoms with Gasteiger partial charge in [-0.2, -0.15) is 10.4 Å². The molecule has 4 nitrogen and oxygen atoms in total. The molecule has 1 aromatic carbocycles. The number of hydrogen-bond acceptors (Lipinski definition) is 3. The van der Waals surface area contributed by atoms with Gasteiger partial charge in [-0.25, -0.2) is 0 Å². The maximum Gasteiger partial charge on any atom is 0.116 e. The van der Waals surface area contributed by atoms with E-state index >= 15 is 0 Å². The van der Waals surface area contributed by atoms with Gasteiger partial charge in [0.15, 0.2) is 0 Å². The molecule has 0 bridgehead atoms. The molecule has 0 aliphatic carbocycles. The molecular formula is C14H15N3O. The van der Waals surface area contributed by atoms with E-state index in [2.05, 4.69) is 18.1 Å². The van der Waals surface area contributed by atoms with Gasteiger partial charge in [0.1, 0.15) is 5.75 Å². The fraction of sp³-hybridized carbons (Fsp3) is 0.286. The van der Waals surface area contributed by atoms with Crippen LogP contribution >= 0.6 is 0 Å². The summed E-state index contributed by atoms with van der Waals surface area (Å²) >= 11 is 0. The van der Waals surface area contributed by atoms with Crippen LogP contribution in [0.25, 0.3) is 0 Å². The predicted molar refractivity (Wildman–Crippen MR) is 68.2 cm³/mol. The summed E-state index contributed by atoms with van der Waals surface area (Å²) in [5.74, 6) is 0.255. The summed E-state index contributed by atoms with van der Waals surface area (Å²) in [5, 5.41) is 22.8. The molecule has 92 valence electrons. The second-order valence-electron chi connectivity index (χ2n) is 4.29. The van der Waals surface area contributed by atoms with E-state index in [1.54, 1.807) is 10.7 Å². The smallest absolute Gasteiger partial charge is 0.116 e. The molecule has 0 aliphatic heterocycles. The van der Waals surface area contributed by atoms with Crippen LogP contribution < -0.4 is 0 Å². The van der Waals surface area contributed by atoms with Gasteiger partial charge >= 0.3 is 0 Å². The molecule has 0 fully saturated rings. The summed E-state index contributed by atoms with van der Waals surface area (Å²) in [7, 11) is 1.87. The maximum atomic E-state index is 9.43. The fourth-order valence-corrected chi connectivity index (χ4v) is 2.20. The molecule has 1 heterocycles. The molecule has 2 aromatic rings. The zero-order valence-corrected chi connectivity index (χ0v) is 10.5. The molecule has 0 aliphatic rings. The van der Waals surface area contributed by atoms with E-state index in [4.69, 9.17) is 5.26 Å². The molecule has 1 atom stereocenters. The third kappa shape index (κ3) is 2.21. The van der Waals surface area contributed by atoms with Crippen LogP contribution in [0.3, 0.4) is 0 Å². The first-order chi connectivity index (χ1) is 8.65. The van der Waals surface area contributed by atoms with Crippen LogP contribution in [-0.2, 0) is 7.05 Å². The standard InChI is InChI=1S/C14H15N3O/c1-3-13(11-8-16-17(2)9-11)14-5-4-12(18)6-10(14)7-15/h4-6,8-9,13,18H,3H2,1-2H3/t13-/m1/s1. The van der Waals surface area contributed by atoms with Crippen LogP contribution in [0.2, 0.25) is 0 Å². The van der Waals surface area contributed by atoms with Crippen LogP contribution in [0.5, 0.6) is 5.75 Å². The van der Waals surface area contributed by atoms with Crippen molar-refractivity contribution in [2.45, 2.75) is 19.3 Å². The molecule has 0 radical (unpaired) electrons. The van der Waals surface area contributed by atoms with Gasteiger partial charge in [-0.15, -0.1) is 0 Å². The topological polar surface area (TPSA) is 61.8 Å². The molecule has 1 N–H and O–H groups in total. The van der Waals surface area contributed by atoms with Crippen molar-refractivity contribution in [3.63, 3.8) is 0 Å². The lowest BCUT2D eigenvalue weighted by Gasteiger charge is -2.15. The number of hydrogen-bond donors (Lipinski definition) is 1. The lowest BCUT2D eigenvalue weighted by molar-refractivity contribution is 0.474. The number of aromatic nitrogens is 2. The Morgan fingerprint density at radius 3 is 2.83 bits per heavy atom. The highest BCUT2D eigenvalue weighted by atomic mass is 16.3. The highest BCUT2D eigenvalue weighted by Gasteiger charge is 2.17. The molecule has 2 rings (SSSR count). The van der Waals surface area contributed by atoms with Crippen molar-refractivity contribution in [2.24, 2.45) is 7.05 Å². The number of phenolic OH excluding ortho intramolecular Hbond substituents is 1. The van der Waals surface area contributed by atoms with E-state index in [0.717, 1.165) is 17.5 Å². The van der Waals surface area contributed by atoms with E-state index in [1.807, 2.05) is 25.5 Å². The molecule has 0 saturated heterocycles. The molecule has 1 aromatic heterocycles. The van der Waals surface area contributed by atoms with Crippen molar-refractivity contribution in [1.82, 2.24) is 9.78 Å². The number of phenols is 1. The highest BCUT2D eigenvalue weighted by Crippen LogP contribution is 2.31. The van der Waals surface area contributed by atoms with Gasteiger partial charge in [0.2, 0.25) is 0 Å². The zero-order chi connectivity index (χ0) is 13.1. The van der Waals surface area contributed by atoms with Crippen LogP contribution in [0.1, 0.15) is 36.0 Å². The van der Waals surface area contributed by atoms with Gasteiger partial charge < -0.3 is 5.11 Å². The second kappa shape index (κ2) is 4.92. The van der Waals surface area contributed by atoms with E-state index in [9.17, 15) is 5.11 Å². The zero-order valence-electron chi connectivity index (χ0n) is 10.5. The minimum atomic E-state index is 0.122. The summed E-state index contributed by atoms with van der Waals surface area (Å²) in [6, 6.07) is 7.08. The Labute approximate surface area is 106 Å². The van der Waals surface area contributed by atoms with Gasteiger partial charge in [-0.05, 0) is 29.7 Å². The second-order valence-corrected chi connectivity index (χ2v) is 4.29. The fourth-order valence-electron chi connectivity index (χ4n) is 2.20. The van der Waals surface area contributed by atoms with Gasteiger partial charge in [-0.3, -0.25) is 4.68 Å². The van der Waals surface area contributed by atoms with Crippen LogP contribution in [-0.4, -0.2) is 14.9 Å². The number of nitriles is 1. The minimum absolute atomic E-state index is 0.122. The van der Waals surface area contributed by atoms with Crippen molar-refractivity contribution < 1.29 is 5.11 Å². The summed E-state index contributed by atoms with van der Waals surface area (Å²) < 4.78 is 1.75. The Balaban J connectivity index is 2.49. The number of nitrogens with zero attached hydrogens (tertiary/aromatic N) is 3. The van der Waals surface area contributed by atoms with Gasteiger partial charge in [0, 0.05) is 19.2 Å². The van der Waals surface area contributed by atoms with E-state index in [0.29, 0.717) is 5.56 Å². The van der Waals surface area contributed by atoms with Gasteiger partial charge in [-0.1, -0.05) is 13.0 Å². The van der Waals surface area contributed by atoms with Gasteiger partial charge in [0.25, 0.3) is 0 Å². The summed E-state index contributed by atoms with van der Waals surface area (Å²) in [6.45, 7) is 2.08. The summed E-state index contributed by atoms with van der Waals surface area (Å²) in [5.41, 5.74) is 2.54. The molecule has 4 heteroatoms. The number of aryl methyl sites for hydroxylation is 1. The molecule has 0 unspecified atom stereocenters. The largest absolute Gasteiger partial charge is 0.508 e. The third-order valence-electron chi connectivity index (χ3n) is 3.07. The monoisotopic (exact) mass is 241 g/mol. The SMILES string of the molecule is CC[C@H](c1cnn(C)c1)c1ccc(O)cc1C#N. The normalized spacial score (nSPS) is 12.1.